The number of rotatable bonds is 0. The van der Waals surface area contributed by atoms with Gasteiger partial charge in [-0.15, -0.1) is 4.68 Å². The number of nitrogens with zero attached hydrogens (tertiary/aromatic N) is 3. The van der Waals surface area contributed by atoms with Crippen LogP contribution in [-0.4, -0.2) is 26.5 Å². The molecule has 0 aliphatic heterocycles. The number of hydrogen-bond donors (Lipinski definition) is 0. The molecule has 5 nitrogen and oxygen atoms in total. The molecule has 2 heterocycles. The molecule has 0 aliphatic rings. The first-order valence-corrected chi connectivity index (χ1v) is 5.72. The van der Waals surface area contributed by atoms with Crippen molar-refractivity contribution in [3.8, 4) is 0 Å². The van der Waals surface area contributed by atoms with E-state index in [2.05, 4.69) is 10.1 Å². The Hall–Kier alpha value is -2.12. The number of fused-ring (bicyclic) bond motifs is 1. The van der Waals surface area contributed by atoms with Gasteiger partial charge in [0.25, 0.3) is 0 Å². The Balaban J connectivity index is 2.41. The molecule has 0 N–H and O–H groups in total. The summed E-state index contributed by atoms with van der Waals surface area (Å²) >= 11 is 0. The number of pyridine rings is 1. The van der Waals surface area contributed by atoms with Crippen LogP contribution in [0.25, 0.3) is 11.0 Å². The van der Waals surface area contributed by atoms with E-state index in [4.69, 9.17) is 4.74 Å². The van der Waals surface area contributed by atoms with Crippen LogP contribution >= 0.6 is 0 Å². The first-order chi connectivity index (χ1) is 9.08. The number of hydrogen-bond acceptors (Lipinski definition) is 4. The largest absolute Gasteiger partial charge is 0.442 e. The molecule has 0 aliphatic carbocycles. The van der Waals surface area contributed by atoms with E-state index in [0.717, 1.165) is 16.9 Å². The quantitative estimate of drug-likeness (QED) is 0.746. The van der Waals surface area contributed by atoms with Crippen LogP contribution in [0.1, 0.15) is 26.3 Å². The van der Waals surface area contributed by atoms with E-state index in [1.54, 1.807) is 20.8 Å². The Bertz CT molecular complexity index is 656. The lowest BCUT2D eigenvalue weighted by Gasteiger charge is -2.18. The topological polar surface area (TPSA) is 57.0 Å². The molecule has 0 atom stereocenters. The van der Waals surface area contributed by atoms with Gasteiger partial charge in [0.15, 0.2) is 5.65 Å². The fourth-order valence-electron chi connectivity index (χ4n) is 1.51. The van der Waals surface area contributed by atoms with Crippen LogP contribution in [-0.2, 0) is 10.9 Å². The second kappa shape index (κ2) is 4.46. The van der Waals surface area contributed by atoms with Crippen LogP contribution < -0.4 is 0 Å². The lowest BCUT2D eigenvalue weighted by atomic mass is 10.2. The van der Waals surface area contributed by atoms with Crippen LogP contribution in [0.15, 0.2) is 18.5 Å². The Kier molecular flexibility index (Phi) is 3.19. The maximum absolute atomic E-state index is 12.5. The second-order valence-corrected chi connectivity index (χ2v) is 5.17. The molecule has 0 fully saturated rings. The van der Waals surface area contributed by atoms with Crippen molar-refractivity contribution in [3.63, 3.8) is 0 Å². The van der Waals surface area contributed by atoms with Gasteiger partial charge in [-0.25, -0.2) is 9.78 Å². The Morgan fingerprint density at radius 2 is 1.90 bits per heavy atom. The molecule has 0 bridgehead atoms. The predicted molar refractivity (Wildman–Crippen MR) is 64.2 cm³/mol. The lowest BCUT2D eigenvalue weighted by Crippen LogP contribution is -2.27. The summed E-state index contributed by atoms with van der Waals surface area (Å²) < 4.78 is 43.6. The van der Waals surface area contributed by atoms with Crippen molar-refractivity contribution >= 4 is 17.1 Å². The molecule has 0 saturated carbocycles. The number of carbonyl (C=O) groups is 1. The van der Waals surface area contributed by atoms with Gasteiger partial charge < -0.3 is 4.74 Å². The van der Waals surface area contributed by atoms with Crippen molar-refractivity contribution in [2.45, 2.75) is 32.5 Å². The molecule has 108 valence electrons. The highest BCUT2D eigenvalue weighted by atomic mass is 19.4. The molecule has 0 spiro atoms. The first kappa shape index (κ1) is 14.3. The number of halogens is 3. The minimum Gasteiger partial charge on any atom is -0.442 e. The minimum absolute atomic E-state index is 0.0206. The third kappa shape index (κ3) is 2.89. The third-order valence-electron chi connectivity index (χ3n) is 2.30. The summed E-state index contributed by atoms with van der Waals surface area (Å²) in [6.07, 6.45) is -3.48. The Morgan fingerprint density at radius 1 is 1.25 bits per heavy atom. The normalized spacial score (nSPS) is 12.7. The van der Waals surface area contributed by atoms with Crippen LogP contribution in [0.4, 0.5) is 18.0 Å². The number of aromatic nitrogens is 3. The number of carbonyl (C=O) groups excluding carboxylic acids is 1. The van der Waals surface area contributed by atoms with E-state index in [1.165, 1.54) is 0 Å². The highest BCUT2D eigenvalue weighted by molar-refractivity contribution is 5.85. The molecule has 0 unspecified atom stereocenters. The van der Waals surface area contributed by atoms with Crippen LogP contribution in [0.5, 0.6) is 0 Å². The minimum atomic E-state index is -4.49. The fraction of sp³-hybridized carbons (Fsp3) is 0.417. The molecular formula is C12H12F3N3O2. The zero-order valence-corrected chi connectivity index (χ0v) is 11.0. The molecule has 2 aromatic rings. The summed E-state index contributed by atoms with van der Waals surface area (Å²) in [6.45, 7) is 5.02. The maximum Gasteiger partial charge on any atom is 0.437 e. The van der Waals surface area contributed by atoms with E-state index >= 15 is 0 Å². The molecule has 2 rings (SSSR count). The molecular weight excluding hydrogens is 275 g/mol. The van der Waals surface area contributed by atoms with Gasteiger partial charge in [-0.05, 0) is 26.8 Å². The molecule has 0 radical (unpaired) electrons. The van der Waals surface area contributed by atoms with Crippen molar-refractivity contribution in [3.05, 3.63) is 24.0 Å². The van der Waals surface area contributed by atoms with E-state index in [1.807, 2.05) is 0 Å². The zero-order valence-electron chi connectivity index (χ0n) is 11.0. The van der Waals surface area contributed by atoms with Crippen molar-refractivity contribution < 1.29 is 22.7 Å². The molecule has 0 amide bonds. The summed E-state index contributed by atoms with van der Waals surface area (Å²) in [7, 11) is 0. The SMILES string of the molecule is CC(C)(C)OC(=O)n1ncc2cc(C(F)(F)F)cnc21. The average molecular weight is 287 g/mol. The zero-order chi connectivity index (χ0) is 15.1. The monoisotopic (exact) mass is 287 g/mol. The average Bonchev–Trinajstić information content (AvgIpc) is 2.67. The van der Waals surface area contributed by atoms with Crippen molar-refractivity contribution in [2.24, 2.45) is 0 Å². The smallest absolute Gasteiger partial charge is 0.437 e. The highest BCUT2D eigenvalue weighted by Gasteiger charge is 2.31. The van der Waals surface area contributed by atoms with Crippen molar-refractivity contribution in [1.29, 1.82) is 0 Å². The van der Waals surface area contributed by atoms with Gasteiger partial charge in [-0.1, -0.05) is 0 Å². The van der Waals surface area contributed by atoms with Gasteiger partial charge >= 0.3 is 12.3 Å². The Morgan fingerprint density at radius 3 is 2.45 bits per heavy atom. The van der Waals surface area contributed by atoms with Gasteiger partial charge in [-0.2, -0.15) is 18.3 Å². The molecule has 2 aromatic heterocycles. The third-order valence-corrected chi connectivity index (χ3v) is 2.30. The first-order valence-electron chi connectivity index (χ1n) is 5.72. The molecule has 0 saturated heterocycles. The van der Waals surface area contributed by atoms with Crippen molar-refractivity contribution in [1.82, 2.24) is 14.8 Å². The highest BCUT2D eigenvalue weighted by Crippen LogP contribution is 2.30. The van der Waals surface area contributed by atoms with Gasteiger partial charge in [0.2, 0.25) is 0 Å². The summed E-state index contributed by atoms with van der Waals surface area (Å²) in [6, 6.07) is 0.885. The lowest BCUT2D eigenvalue weighted by molar-refractivity contribution is -0.137. The van der Waals surface area contributed by atoms with Gasteiger partial charge in [0.1, 0.15) is 5.60 Å². The van der Waals surface area contributed by atoms with E-state index in [9.17, 15) is 18.0 Å². The standard InChI is InChI=1S/C12H12F3N3O2/c1-11(2,3)20-10(19)18-9-7(5-17-18)4-8(6-16-9)12(13,14)15/h4-6H,1-3H3. The molecule has 20 heavy (non-hydrogen) atoms. The van der Waals surface area contributed by atoms with Gasteiger partial charge in [-0.3, -0.25) is 0 Å². The number of alkyl halides is 3. The van der Waals surface area contributed by atoms with Crippen LogP contribution in [0.2, 0.25) is 0 Å². The summed E-state index contributed by atoms with van der Waals surface area (Å²) in [4.78, 5) is 15.5. The Labute approximate surface area is 112 Å². The second-order valence-electron chi connectivity index (χ2n) is 5.17. The van der Waals surface area contributed by atoms with Crippen LogP contribution in [0, 0.1) is 0 Å². The molecule has 0 aromatic carbocycles. The predicted octanol–water partition coefficient (Wildman–Crippen LogP) is 3.23. The summed E-state index contributed by atoms with van der Waals surface area (Å²) in [5.74, 6) is 0. The van der Waals surface area contributed by atoms with Crippen LogP contribution in [0.3, 0.4) is 0 Å². The van der Waals surface area contributed by atoms with Gasteiger partial charge in [0, 0.05) is 11.6 Å². The summed E-state index contributed by atoms with van der Waals surface area (Å²) in [5.41, 5.74) is -1.61. The summed E-state index contributed by atoms with van der Waals surface area (Å²) in [5, 5.41) is 3.83. The maximum atomic E-state index is 12.5. The molecule has 8 heteroatoms. The van der Waals surface area contributed by atoms with E-state index in [0.29, 0.717) is 6.20 Å². The van der Waals surface area contributed by atoms with Crippen molar-refractivity contribution in [2.75, 3.05) is 0 Å². The van der Waals surface area contributed by atoms with E-state index in [-0.39, 0.29) is 11.0 Å². The van der Waals surface area contributed by atoms with Gasteiger partial charge in [0.05, 0.1) is 11.8 Å². The number of ether oxygens (including phenoxy) is 1. The fourth-order valence-corrected chi connectivity index (χ4v) is 1.51. The van der Waals surface area contributed by atoms with E-state index < -0.39 is 23.4 Å².